The number of amidine groups is 1. The van der Waals surface area contributed by atoms with Gasteiger partial charge in [-0.1, -0.05) is 6.92 Å². The fourth-order valence-corrected chi connectivity index (χ4v) is 6.52. The highest BCUT2D eigenvalue weighted by atomic mass is 32.2. The summed E-state index contributed by atoms with van der Waals surface area (Å²) >= 11 is 0. The van der Waals surface area contributed by atoms with E-state index in [4.69, 9.17) is 10.5 Å². The van der Waals surface area contributed by atoms with Crippen LogP contribution in [0.1, 0.15) is 39.7 Å². The molecule has 4 rings (SSSR count). The number of fused-ring (bicyclic) bond motifs is 1. The summed E-state index contributed by atoms with van der Waals surface area (Å²) in [5.41, 5.74) is 6.41. The summed E-state index contributed by atoms with van der Waals surface area (Å²) in [6, 6.07) is 6.06. The highest BCUT2D eigenvalue weighted by Gasteiger charge is 2.56. The Hall–Kier alpha value is -3.34. The van der Waals surface area contributed by atoms with Crippen LogP contribution < -0.4 is 15.8 Å². The van der Waals surface area contributed by atoms with Crippen LogP contribution in [0.5, 0.6) is 5.75 Å². The van der Waals surface area contributed by atoms with Gasteiger partial charge < -0.3 is 15.8 Å². The molecule has 3 heterocycles. The van der Waals surface area contributed by atoms with Crippen molar-refractivity contribution in [3.63, 3.8) is 0 Å². The largest absolute Gasteiger partial charge is 0.495 e. The summed E-state index contributed by atoms with van der Waals surface area (Å²) in [5.74, 6) is 0.355. The average molecular weight is 487 g/mol. The summed E-state index contributed by atoms with van der Waals surface area (Å²) in [7, 11) is -2.23. The van der Waals surface area contributed by atoms with E-state index in [-0.39, 0.29) is 17.8 Å². The van der Waals surface area contributed by atoms with Crippen LogP contribution in [0.15, 0.2) is 41.8 Å². The Labute approximate surface area is 197 Å². The molecule has 1 aliphatic rings. The van der Waals surface area contributed by atoms with Crippen molar-refractivity contribution in [2.75, 3.05) is 12.4 Å². The molecule has 0 saturated heterocycles. The number of rotatable bonds is 5. The molecule has 9 nitrogen and oxygen atoms in total. The second-order valence-electron chi connectivity index (χ2n) is 8.70. The zero-order valence-corrected chi connectivity index (χ0v) is 20.4. The van der Waals surface area contributed by atoms with Gasteiger partial charge in [-0.05, 0) is 45.4 Å². The smallest absolute Gasteiger partial charge is 0.168 e. The minimum absolute atomic E-state index is 0.0201. The lowest BCUT2D eigenvalue weighted by Crippen LogP contribution is -2.60. The number of hydrogen-bond donors (Lipinski definition) is 2. The Morgan fingerprint density at radius 1 is 1.21 bits per heavy atom. The number of aliphatic imine (C=N–C) groups is 1. The molecule has 1 aliphatic heterocycles. The number of methoxy groups -OCH3 is 1. The van der Waals surface area contributed by atoms with E-state index in [0.717, 1.165) is 0 Å². The Morgan fingerprint density at radius 3 is 2.62 bits per heavy atom. The normalized spacial score (nSPS) is 26.2. The molecule has 0 bridgehead atoms. The lowest BCUT2D eigenvalue weighted by atomic mass is 9.87. The molecule has 34 heavy (non-hydrogen) atoms. The van der Waals surface area contributed by atoms with E-state index in [2.05, 4.69) is 25.3 Å². The van der Waals surface area contributed by atoms with Crippen molar-refractivity contribution in [1.29, 1.82) is 0 Å². The van der Waals surface area contributed by atoms with Gasteiger partial charge in [-0.15, -0.1) is 0 Å². The molecule has 0 saturated carbocycles. The van der Waals surface area contributed by atoms with Crippen molar-refractivity contribution < 1.29 is 17.5 Å². The van der Waals surface area contributed by atoms with Gasteiger partial charge in [0.2, 0.25) is 0 Å². The van der Waals surface area contributed by atoms with Crippen LogP contribution in [0.2, 0.25) is 0 Å². The number of nitrogens with two attached hydrogens (primary N) is 1. The predicted molar refractivity (Wildman–Crippen MR) is 130 cm³/mol. The van der Waals surface area contributed by atoms with Gasteiger partial charge in [0, 0.05) is 17.3 Å². The molecule has 0 amide bonds. The molecule has 11 heteroatoms. The third-order valence-electron chi connectivity index (χ3n) is 6.91. The van der Waals surface area contributed by atoms with Crippen LogP contribution in [0.25, 0.3) is 11.0 Å². The van der Waals surface area contributed by atoms with Crippen LogP contribution >= 0.6 is 0 Å². The van der Waals surface area contributed by atoms with Crippen molar-refractivity contribution in [3.8, 4) is 5.75 Å². The number of aromatic nitrogens is 3. The topological polar surface area (TPSA) is 132 Å². The average Bonchev–Trinajstić information content (AvgIpc) is 2.82. The summed E-state index contributed by atoms with van der Waals surface area (Å²) in [4.78, 5) is 17.4. The first-order valence-corrected chi connectivity index (χ1v) is 12.3. The predicted octanol–water partition coefficient (Wildman–Crippen LogP) is 3.47. The third kappa shape index (κ3) is 3.46. The van der Waals surface area contributed by atoms with E-state index in [0.29, 0.717) is 28.3 Å². The number of pyridine rings is 1. The second kappa shape index (κ2) is 8.15. The minimum atomic E-state index is -3.77. The van der Waals surface area contributed by atoms with E-state index in [1.165, 1.54) is 31.6 Å². The number of ether oxygens (including phenoxy) is 1. The van der Waals surface area contributed by atoms with Gasteiger partial charge in [0.25, 0.3) is 0 Å². The first kappa shape index (κ1) is 23.8. The Morgan fingerprint density at radius 2 is 1.94 bits per heavy atom. The van der Waals surface area contributed by atoms with Crippen molar-refractivity contribution in [3.05, 3.63) is 48.2 Å². The van der Waals surface area contributed by atoms with E-state index >= 15 is 4.39 Å². The maximum Gasteiger partial charge on any atom is 0.168 e. The molecule has 0 spiro atoms. The number of benzene rings is 1. The van der Waals surface area contributed by atoms with Crippen molar-refractivity contribution in [2.45, 2.75) is 49.7 Å². The van der Waals surface area contributed by atoms with Gasteiger partial charge in [-0.25, -0.2) is 27.8 Å². The van der Waals surface area contributed by atoms with E-state index in [9.17, 15) is 8.42 Å². The zero-order chi connectivity index (χ0) is 24.9. The van der Waals surface area contributed by atoms with E-state index in [1.807, 2.05) is 0 Å². The minimum Gasteiger partial charge on any atom is -0.495 e. The molecule has 1 unspecified atom stereocenters. The summed E-state index contributed by atoms with van der Waals surface area (Å²) in [5, 5.41) is 2.13. The van der Waals surface area contributed by atoms with Gasteiger partial charge in [0.05, 0.1) is 24.1 Å². The molecule has 2 aromatic heterocycles. The van der Waals surface area contributed by atoms with Crippen LogP contribution in [0.3, 0.4) is 0 Å². The van der Waals surface area contributed by atoms with Gasteiger partial charge in [-0.2, -0.15) is 0 Å². The van der Waals surface area contributed by atoms with Crippen LogP contribution in [0.4, 0.5) is 15.9 Å². The third-order valence-corrected chi connectivity index (χ3v) is 10.1. The number of sulfone groups is 1. The van der Waals surface area contributed by atoms with Crippen molar-refractivity contribution >= 4 is 38.2 Å². The monoisotopic (exact) mass is 486 g/mol. The van der Waals surface area contributed by atoms with Crippen LogP contribution in [0, 0.1) is 5.82 Å². The highest BCUT2D eigenvalue weighted by Crippen LogP contribution is 2.44. The molecule has 0 aliphatic carbocycles. The molecule has 3 N–H and O–H groups in total. The second-order valence-corrected chi connectivity index (χ2v) is 11.4. The highest BCUT2D eigenvalue weighted by molar-refractivity contribution is 7.94. The Bertz CT molecular complexity index is 1410. The van der Waals surface area contributed by atoms with E-state index in [1.54, 1.807) is 40.0 Å². The number of hydrogen-bond acceptors (Lipinski definition) is 9. The quantitative estimate of drug-likeness (QED) is 0.560. The summed E-state index contributed by atoms with van der Waals surface area (Å²) in [6.45, 7) is 6.45. The molecule has 3 aromatic rings. The summed E-state index contributed by atoms with van der Waals surface area (Å²) < 4.78 is 45.8. The Kier molecular flexibility index (Phi) is 5.71. The zero-order valence-electron chi connectivity index (χ0n) is 19.6. The number of nitrogens with one attached hydrogen (secondary N) is 1. The van der Waals surface area contributed by atoms with Crippen molar-refractivity contribution in [2.24, 2.45) is 10.7 Å². The SMILES string of the molecule is CC[C@]1(C)C(N)=N[C@](C)(c2cc(Nc3ncnc4cc(OC)cnc34)ccc2F)C(C)S1(=O)=O. The van der Waals surface area contributed by atoms with Crippen LogP contribution in [-0.2, 0) is 15.4 Å². The van der Waals surface area contributed by atoms with Gasteiger partial charge in [-0.3, -0.25) is 4.99 Å². The Balaban J connectivity index is 1.80. The lowest BCUT2D eigenvalue weighted by Gasteiger charge is -2.44. The summed E-state index contributed by atoms with van der Waals surface area (Å²) in [6.07, 6.45) is 3.20. The number of nitrogens with zero attached hydrogens (tertiary/aromatic N) is 4. The number of halogens is 1. The molecule has 1 aromatic carbocycles. The van der Waals surface area contributed by atoms with Crippen LogP contribution in [-0.4, -0.2) is 46.3 Å². The van der Waals surface area contributed by atoms with Gasteiger partial charge >= 0.3 is 0 Å². The van der Waals surface area contributed by atoms with E-state index < -0.39 is 31.2 Å². The van der Waals surface area contributed by atoms with Crippen molar-refractivity contribution in [1.82, 2.24) is 15.0 Å². The standard InChI is InChI=1S/C23H27FN6O3S/c1-6-22(3)21(25)30-23(4,13(2)34(22,31)32)16-9-14(7-8-17(16)24)29-20-19-18(27-12-28-20)10-15(33-5)11-26-19/h7-13H,6H2,1-5H3,(H2,25,30)(H,27,28,29)/t13?,22-,23+/m1/s1. The first-order chi connectivity index (χ1) is 16.0. The van der Waals surface area contributed by atoms with Gasteiger partial charge in [0.15, 0.2) is 15.7 Å². The lowest BCUT2D eigenvalue weighted by molar-refractivity contribution is 0.413. The van der Waals surface area contributed by atoms with Gasteiger partial charge in [0.1, 0.15) is 39.5 Å². The maximum atomic E-state index is 15.1. The molecule has 0 radical (unpaired) electrons. The molecular formula is C23H27FN6O3S. The maximum absolute atomic E-state index is 15.1. The first-order valence-electron chi connectivity index (χ1n) is 10.8. The molecule has 180 valence electrons. The number of anilines is 2. The molecular weight excluding hydrogens is 459 g/mol. The molecule has 0 fully saturated rings. The molecule has 3 atom stereocenters. The fourth-order valence-electron chi connectivity index (χ4n) is 4.22. The fraction of sp³-hybridized carbons (Fsp3) is 0.391.